The predicted molar refractivity (Wildman–Crippen MR) is 57.9 cm³/mol. The molecule has 3 heteroatoms. The number of nitrogens with two attached hydrogens (primary N) is 1. The molecule has 0 fully saturated rings. The van der Waals surface area contributed by atoms with Gasteiger partial charge in [0.05, 0.1) is 5.69 Å². The monoisotopic (exact) mass is 187 g/mol. The fraction of sp³-hybridized carbons (Fsp3) is 0.182. The van der Waals surface area contributed by atoms with Crippen molar-refractivity contribution >= 4 is 5.69 Å². The first kappa shape index (κ1) is 8.81. The number of nitrogens with one attached hydrogen (secondary N) is 1. The summed E-state index contributed by atoms with van der Waals surface area (Å²) in [5, 5.41) is 7.13. The van der Waals surface area contributed by atoms with Crippen molar-refractivity contribution < 1.29 is 0 Å². The smallest absolute Gasteiger partial charge is 0.0926 e. The van der Waals surface area contributed by atoms with Crippen LogP contribution in [0.3, 0.4) is 0 Å². The highest BCUT2D eigenvalue weighted by Gasteiger charge is 2.06. The van der Waals surface area contributed by atoms with E-state index in [-0.39, 0.29) is 0 Å². The molecule has 1 aromatic carbocycles. The van der Waals surface area contributed by atoms with Crippen LogP contribution in [0.2, 0.25) is 0 Å². The summed E-state index contributed by atoms with van der Waals surface area (Å²) < 4.78 is 0. The van der Waals surface area contributed by atoms with Gasteiger partial charge in [-0.1, -0.05) is 12.1 Å². The summed E-state index contributed by atoms with van der Waals surface area (Å²) in [6, 6.07) is 7.89. The Morgan fingerprint density at radius 2 is 2.07 bits per heavy atom. The minimum absolute atomic E-state index is 0.808. The van der Waals surface area contributed by atoms with Gasteiger partial charge < -0.3 is 5.73 Å². The molecule has 1 heterocycles. The van der Waals surface area contributed by atoms with Crippen LogP contribution in [0.4, 0.5) is 5.69 Å². The van der Waals surface area contributed by atoms with E-state index in [0.717, 1.165) is 28.2 Å². The van der Waals surface area contributed by atoms with E-state index in [1.165, 1.54) is 0 Å². The number of H-pyrrole nitrogens is 1. The number of aromatic amines is 1. The lowest BCUT2D eigenvalue weighted by Gasteiger charge is -2.04. The number of aromatic nitrogens is 2. The molecule has 0 aliphatic heterocycles. The number of nitrogens with zero attached hydrogens (tertiary/aromatic N) is 1. The SMILES string of the molecule is Cc1cc(-c2cccc(N)c2C)n[nH]1. The lowest BCUT2D eigenvalue weighted by molar-refractivity contribution is 1.05. The van der Waals surface area contributed by atoms with Crippen molar-refractivity contribution in [3.63, 3.8) is 0 Å². The van der Waals surface area contributed by atoms with E-state index in [4.69, 9.17) is 5.73 Å². The Hall–Kier alpha value is -1.77. The highest BCUT2D eigenvalue weighted by atomic mass is 15.1. The van der Waals surface area contributed by atoms with Crippen LogP contribution in [-0.2, 0) is 0 Å². The van der Waals surface area contributed by atoms with Gasteiger partial charge in [-0.3, -0.25) is 5.10 Å². The molecule has 0 saturated heterocycles. The van der Waals surface area contributed by atoms with Crippen molar-refractivity contribution in [3.8, 4) is 11.3 Å². The van der Waals surface area contributed by atoms with Crippen molar-refractivity contribution in [2.45, 2.75) is 13.8 Å². The summed E-state index contributed by atoms with van der Waals surface area (Å²) in [5.74, 6) is 0. The molecule has 0 aliphatic carbocycles. The zero-order valence-electron chi connectivity index (χ0n) is 8.33. The van der Waals surface area contributed by atoms with Gasteiger partial charge in [0, 0.05) is 16.9 Å². The van der Waals surface area contributed by atoms with Crippen LogP contribution in [0.1, 0.15) is 11.3 Å². The molecule has 0 aliphatic rings. The number of anilines is 1. The number of hydrogen-bond donors (Lipinski definition) is 2. The van der Waals surface area contributed by atoms with Gasteiger partial charge >= 0.3 is 0 Å². The van der Waals surface area contributed by atoms with Crippen molar-refractivity contribution in [2.24, 2.45) is 0 Å². The number of hydrogen-bond acceptors (Lipinski definition) is 2. The predicted octanol–water partition coefficient (Wildman–Crippen LogP) is 2.28. The van der Waals surface area contributed by atoms with Crippen LogP contribution in [0.25, 0.3) is 11.3 Å². The first-order valence-corrected chi connectivity index (χ1v) is 4.56. The molecule has 2 rings (SSSR count). The quantitative estimate of drug-likeness (QED) is 0.673. The summed E-state index contributed by atoms with van der Waals surface area (Å²) in [6.45, 7) is 3.99. The van der Waals surface area contributed by atoms with Gasteiger partial charge in [0.2, 0.25) is 0 Å². The molecule has 1 aromatic heterocycles. The molecular weight excluding hydrogens is 174 g/mol. The Bertz CT molecular complexity index is 457. The van der Waals surface area contributed by atoms with E-state index in [0.29, 0.717) is 0 Å². The average molecular weight is 187 g/mol. The highest BCUT2D eigenvalue weighted by Crippen LogP contribution is 2.25. The number of nitrogen functional groups attached to an aromatic ring is 1. The topological polar surface area (TPSA) is 54.7 Å². The summed E-state index contributed by atoms with van der Waals surface area (Å²) in [4.78, 5) is 0. The molecule has 0 bridgehead atoms. The van der Waals surface area contributed by atoms with Crippen LogP contribution >= 0.6 is 0 Å². The highest BCUT2D eigenvalue weighted by molar-refractivity contribution is 5.70. The maximum absolute atomic E-state index is 5.83. The van der Waals surface area contributed by atoms with Crippen LogP contribution in [0, 0.1) is 13.8 Å². The minimum Gasteiger partial charge on any atom is -0.398 e. The zero-order chi connectivity index (χ0) is 10.1. The van der Waals surface area contributed by atoms with Crippen LogP contribution in [0.15, 0.2) is 24.3 Å². The number of benzene rings is 1. The lowest BCUT2D eigenvalue weighted by Crippen LogP contribution is -1.91. The number of aryl methyl sites for hydroxylation is 1. The Morgan fingerprint density at radius 3 is 2.71 bits per heavy atom. The third-order valence-electron chi connectivity index (χ3n) is 2.36. The van der Waals surface area contributed by atoms with Gasteiger partial charge in [-0.25, -0.2) is 0 Å². The maximum atomic E-state index is 5.83. The van der Waals surface area contributed by atoms with Crippen LogP contribution < -0.4 is 5.73 Å². The minimum atomic E-state index is 0.808. The Labute approximate surface area is 83.0 Å². The second-order valence-electron chi connectivity index (χ2n) is 3.46. The van der Waals surface area contributed by atoms with Gasteiger partial charge in [-0.2, -0.15) is 5.10 Å². The molecule has 3 N–H and O–H groups in total. The molecule has 0 radical (unpaired) electrons. The zero-order valence-corrected chi connectivity index (χ0v) is 8.33. The molecule has 0 unspecified atom stereocenters. The van der Waals surface area contributed by atoms with E-state index in [9.17, 15) is 0 Å². The molecule has 14 heavy (non-hydrogen) atoms. The number of rotatable bonds is 1. The molecule has 3 nitrogen and oxygen atoms in total. The van der Waals surface area contributed by atoms with E-state index < -0.39 is 0 Å². The van der Waals surface area contributed by atoms with Crippen molar-refractivity contribution in [3.05, 3.63) is 35.5 Å². The summed E-state index contributed by atoms with van der Waals surface area (Å²) in [5.41, 5.74) is 10.8. The van der Waals surface area contributed by atoms with E-state index in [1.54, 1.807) is 0 Å². The first-order chi connectivity index (χ1) is 6.68. The molecule has 0 spiro atoms. The van der Waals surface area contributed by atoms with Gasteiger partial charge in [-0.05, 0) is 31.5 Å². The van der Waals surface area contributed by atoms with Crippen LogP contribution in [0.5, 0.6) is 0 Å². The third kappa shape index (κ3) is 1.37. The standard InChI is InChI=1S/C11H13N3/c1-7-6-11(14-13-7)9-4-3-5-10(12)8(9)2/h3-6H,12H2,1-2H3,(H,13,14). The maximum Gasteiger partial charge on any atom is 0.0926 e. The Kier molecular flexibility index (Phi) is 2.00. The second kappa shape index (κ2) is 3.18. The average Bonchev–Trinajstić information content (AvgIpc) is 2.57. The van der Waals surface area contributed by atoms with Crippen molar-refractivity contribution in [2.75, 3.05) is 5.73 Å². The Balaban J connectivity index is 2.57. The summed E-state index contributed by atoms with van der Waals surface area (Å²) in [7, 11) is 0. The van der Waals surface area contributed by atoms with E-state index in [2.05, 4.69) is 10.2 Å². The second-order valence-corrected chi connectivity index (χ2v) is 3.46. The molecule has 0 atom stereocenters. The van der Waals surface area contributed by atoms with Gasteiger partial charge in [0.15, 0.2) is 0 Å². The lowest BCUT2D eigenvalue weighted by atomic mass is 10.0. The van der Waals surface area contributed by atoms with Crippen molar-refractivity contribution in [1.82, 2.24) is 10.2 Å². The van der Waals surface area contributed by atoms with E-state index >= 15 is 0 Å². The normalized spacial score (nSPS) is 10.4. The van der Waals surface area contributed by atoms with Gasteiger partial charge in [-0.15, -0.1) is 0 Å². The van der Waals surface area contributed by atoms with Gasteiger partial charge in [0.25, 0.3) is 0 Å². The van der Waals surface area contributed by atoms with Gasteiger partial charge in [0.1, 0.15) is 0 Å². The molecule has 0 saturated carbocycles. The fourth-order valence-electron chi connectivity index (χ4n) is 1.49. The van der Waals surface area contributed by atoms with Crippen LogP contribution in [-0.4, -0.2) is 10.2 Å². The van der Waals surface area contributed by atoms with Crippen molar-refractivity contribution in [1.29, 1.82) is 0 Å². The Morgan fingerprint density at radius 1 is 1.29 bits per heavy atom. The largest absolute Gasteiger partial charge is 0.398 e. The third-order valence-corrected chi connectivity index (χ3v) is 2.36. The molecule has 0 amide bonds. The molecule has 72 valence electrons. The molecular formula is C11H13N3. The summed E-state index contributed by atoms with van der Waals surface area (Å²) >= 11 is 0. The summed E-state index contributed by atoms with van der Waals surface area (Å²) in [6.07, 6.45) is 0. The van der Waals surface area contributed by atoms with E-state index in [1.807, 2.05) is 38.1 Å². The first-order valence-electron chi connectivity index (χ1n) is 4.56. The molecule has 2 aromatic rings. The fourth-order valence-corrected chi connectivity index (χ4v) is 1.49.